The zero-order valence-corrected chi connectivity index (χ0v) is 10.6. The maximum absolute atomic E-state index is 9.73. The number of fused-ring (bicyclic) bond motifs is 1. The van der Waals surface area contributed by atoms with Gasteiger partial charge in [0.05, 0.1) is 6.61 Å². The van der Waals surface area contributed by atoms with Crippen LogP contribution in [0, 0.1) is 0 Å². The molecule has 98 valence electrons. The van der Waals surface area contributed by atoms with Gasteiger partial charge in [-0.1, -0.05) is 30.3 Å². The summed E-state index contributed by atoms with van der Waals surface area (Å²) < 4.78 is 11.4. The van der Waals surface area contributed by atoms with Crippen LogP contribution >= 0.6 is 0 Å². The van der Waals surface area contributed by atoms with Crippen LogP contribution in [0.1, 0.15) is 17.5 Å². The summed E-state index contributed by atoms with van der Waals surface area (Å²) in [5, 5.41) is 9.73. The minimum Gasteiger partial charge on any atom is -0.508 e. The highest BCUT2D eigenvalue weighted by Crippen LogP contribution is 2.38. The van der Waals surface area contributed by atoms with E-state index in [4.69, 9.17) is 9.47 Å². The van der Waals surface area contributed by atoms with E-state index in [0.717, 1.165) is 29.7 Å². The third kappa shape index (κ3) is 2.65. The molecule has 0 spiro atoms. The second kappa shape index (κ2) is 5.22. The lowest BCUT2D eigenvalue weighted by atomic mass is 10.1. The lowest BCUT2D eigenvalue weighted by molar-refractivity contribution is 0.244. The maximum atomic E-state index is 9.73. The molecule has 1 heterocycles. The fraction of sp³-hybridized carbons (Fsp3) is 0.250. The van der Waals surface area contributed by atoms with Crippen molar-refractivity contribution in [1.29, 1.82) is 0 Å². The molecule has 1 N–H and O–H groups in total. The van der Waals surface area contributed by atoms with Crippen LogP contribution in [-0.2, 0) is 13.0 Å². The molecule has 0 unspecified atom stereocenters. The molecule has 3 nitrogen and oxygen atoms in total. The van der Waals surface area contributed by atoms with Crippen LogP contribution < -0.4 is 9.47 Å². The standard InChI is InChI=1S/C16H16O3/c17-14-9-13-7-4-8-18-16(13)15(10-14)19-11-12-5-2-1-3-6-12/h1-3,5-6,9-10,17H,4,7-8,11H2. The number of ether oxygens (including phenoxy) is 2. The van der Waals surface area contributed by atoms with Crippen molar-refractivity contribution in [3.05, 3.63) is 53.6 Å². The zero-order valence-electron chi connectivity index (χ0n) is 10.6. The Morgan fingerprint density at radius 2 is 2.00 bits per heavy atom. The predicted octanol–water partition coefficient (Wildman–Crippen LogP) is 3.30. The Bertz CT molecular complexity index is 564. The van der Waals surface area contributed by atoms with Crippen LogP contribution in [0.2, 0.25) is 0 Å². The largest absolute Gasteiger partial charge is 0.508 e. The fourth-order valence-corrected chi connectivity index (χ4v) is 2.27. The second-order valence-corrected chi connectivity index (χ2v) is 4.66. The molecule has 0 aromatic heterocycles. The topological polar surface area (TPSA) is 38.7 Å². The van der Waals surface area contributed by atoms with Crippen molar-refractivity contribution in [2.75, 3.05) is 6.61 Å². The molecule has 0 radical (unpaired) electrons. The van der Waals surface area contributed by atoms with Gasteiger partial charge < -0.3 is 14.6 Å². The van der Waals surface area contributed by atoms with Gasteiger partial charge in [0.2, 0.25) is 0 Å². The molecule has 19 heavy (non-hydrogen) atoms. The molecular weight excluding hydrogens is 240 g/mol. The summed E-state index contributed by atoms with van der Waals surface area (Å²) in [6.07, 6.45) is 1.90. The van der Waals surface area contributed by atoms with Crippen LogP contribution in [0.15, 0.2) is 42.5 Å². The molecule has 1 aliphatic rings. The first-order valence-corrected chi connectivity index (χ1v) is 6.48. The van der Waals surface area contributed by atoms with E-state index in [1.54, 1.807) is 12.1 Å². The fourth-order valence-electron chi connectivity index (χ4n) is 2.27. The van der Waals surface area contributed by atoms with Gasteiger partial charge in [-0.05, 0) is 24.5 Å². The minimum atomic E-state index is 0.229. The third-order valence-electron chi connectivity index (χ3n) is 3.19. The van der Waals surface area contributed by atoms with E-state index in [1.165, 1.54) is 0 Å². The van der Waals surface area contributed by atoms with Gasteiger partial charge in [-0.15, -0.1) is 0 Å². The Labute approximate surface area is 112 Å². The molecule has 0 saturated carbocycles. The Morgan fingerprint density at radius 3 is 2.84 bits per heavy atom. The predicted molar refractivity (Wildman–Crippen MR) is 72.7 cm³/mol. The quantitative estimate of drug-likeness (QED) is 0.915. The third-order valence-corrected chi connectivity index (χ3v) is 3.19. The van der Waals surface area contributed by atoms with Crippen molar-refractivity contribution in [3.8, 4) is 17.2 Å². The first kappa shape index (κ1) is 11.9. The van der Waals surface area contributed by atoms with Gasteiger partial charge in [-0.2, -0.15) is 0 Å². The lowest BCUT2D eigenvalue weighted by Gasteiger charge is -2.20. The van der Waals surface area contributed by atoms with E-state index in [-0.39, 0.29) is 5.75 Å². The van der Waals surface area contributed by atoms with Gasteiger partial charge in [0.15, 0.2) is 11.5 Å². The number of hydrogen-bond acceptors (Lipinski definition) is 3. The van der Waals surface area contributed by atoms with Crippen molar-refractivity contribution >= 4 is 0 Å². The lowest BCUT2D eigenvalue weighted by Crippen LogP contribution is -2.10. The Balaban J connectivity index is 1.82. The Hall–Kier alpha value is -2.16. The highest BCUT2D eigenvalue weighted by Gasteiger charge is 2.17. The van der Waals surface area contributed by atoms with Gasteiger partial charge >= 0.3 is 0 Å². The monoisotopic (exact) mass is 256 g/mol. The normalized spacial score (nSPS) is 13.5. The first-order chi connectivity index (χ1) is 9.33. The molecule has 0 atom stereocenters. The SMILES string of the molecule is Oc1cc2c(c(OCc3ccccc3)c1)OCCC2. The maximum Gasteiger partial charge on any atom is 0.165 e. The van der Waals surface area contributed by atoms with E-state index < -0.39 is 0 Å². The summed E-state index contributed by atoms with van der Waals surface area (Å²) in [6, 6.07) is 13.3. The number of phenolic OH excluding ortho intramolecular Hbond substituents is 1. The highest BCUT2D eigenvalue weighted by atomic mass is 16.5. The van der Waals surface area contributed by atoms with E-state index in [9.17, 15) is 5.11 Å². The van der Waals surface area contributed by atoms with Gasteiger partial charge in [0, 0.05) is 11.6 Å². The number of aromatic hydroxyl groups is 1. The van der Waals surface area contributed by atoms with Gasteiger partial charge in [0.25, 0.3) is 0 Å². The molecule has 0 fully saturated rings. The molecule has 2 aromatic carbocycles. The molecule has 3 heteroatoms. The molecule has 1 aliphatic heterocycles. The van der Waals surface area contributed by atoms with Crippen LogP contribution in [0.25, 0.3) is 0 Å². The molecule has 3 rings (SSSR count). The number of aryl methyl sites for hydroxylation is 1. The van der Waals surface area contributed by atoms with Gasteiger partial charge in [-0.3, -0.25) is 0 Å². The Kier molecular flexibility index (Phi) is 3.27. The van der Waals surface area contributed by atoms with Crippen molar-refractivity contribution in [3.63, 3.8) is 0 Å². The average molecular weight is 256 g/mol. The van der Waals surface area contributed by atoms with Crippen molar-refractivity contribution in [2.45, 2.75) is 19.4 Å². The molecule has 0 saturated heterocycles. The molecule has 0 amide bonds. The summed E-state index contributed by atoms with van der Waals surface area (Å²) >= 11 is 0. The van der Waals surface area contributed by atoms with Crippen LogP contribution in [-0.4, -0.2) is 11.7 Å². The number of phenols is 1. The minimum absolute atomic E-state index is 0.229. The van der Waals surface area contributed by atoms with E-state index in [1.807, 2.05) is 30.3 Å². The van der Waals surface area contributed by atoms with Crippen LogP contribution in [0.4, 0.5) is 0 Å². The highest BCUT2D eigenvalue weighted by molar-refractivity contribution is 5.52. The van der Waals surface area contributed by atoms with Crippen molar-refractivity contribution in [2.24, 2.45) is 0 Å². The smallest absolute Gasteiger partial charge is 0.165 e. The number of rotatable bonds is 3. The van der Waals surface area contributed by atoms with Gasteiger partial charge in [0.1, 0.15) is 12.4 Å². The summed E-state index contributed by atoms with van der Waals surface area (Å²) in [5.41, 5.74) is 2.12. The number of benzene rings is 2. The molecular formula is C16H16O3. The van der Waals surface area contributed by atoms with Crippen molar-refractivity contribution in [1.82, 2.24) is 0 Å². The zero-order chi connectivity index (χ0) is 13.1. The summed E-state index contributed by atoms with van der Waals surface area (Å²) in [4.78, 5) is 0. The molecule has 0 aliphatic carbocycles. The Morgan fingerprint density at radius 1 is 1.16 bits per heavy atom. The molecule has 0 bridgehead atoms. The second-order valence-electron chi connectivity index (χ2n) is 4.66. The van der Waals surface area contributed by atoms with Crippen LogP contribution in [0.3, 0.4) is 0 Å². The first-order valence-electron chi connectivity index (χ1n) is 6.48. The van der Waals surface area contributed by atoms with Gasteiger partial charge in [-0.25, -0.2) is 0 Å². The van der Waals surface area contributed by atoms with E-state index in [2.05, 4.69) is 0 Å². The number of hydrogen-bond donors (Lipinski definition) is 1. The van der Waals surface area contributed by atoms with E-state index >= 15 is 0 Å². The average Bonchev–Trinajstić information content (AvgIpc) is 2.45. The van der Waals surface area contributed by atoms with E-state index in [0.29, 0.717) is 19.0 Å². The summed E-state index contributed by atoms with van der Waals surface area (Å²) in [7, 11) is 0. The summed E-state index contributed by atoms with van der Waals surface area (Å²) in [5.74, 6) is 1.63. The van der Waals surface area contributed by atoms with Crippen LogP contribution in [0.5, 0.6) is 17.2 Å². The summed E-state index contributed by atoms with van der Waals surface area (Å²) in [6.45, 7) is 1.18. The van der Waals surface area contributed by atoms with Crippen molar-refractivity contribution < 1.29 is 14.6 Å². The molecule has 2 aromatic rings.